The second-order valence-electron chi connectivity index (χ2n) is 25.3. The summed E-state index contributed by atoms with van der Waals surface area (Å²) in [5, 5.41) is 29.2. The molecule has 0 unspecified atom stereocenters. The fourth-order valence-electron chi connectivity index (χ4n) is 12.7. The number of nitrogens with one attached hydrogen (secondary N) is 2. The van der Waals surface area contributed by atoms with E-state index in [1.54, 1.807) is 40.9 Å². The van der Waals surface area contributed by atoms with Crippen molar-refractivity contribution in [3.05, 3.63) is 93.7 Å². The van der Waals surface area contributed by atoms with Crippen molar-refractivity contribution < 1.29 is 86.5 Å². The number of cyclic esters (lactones) is 1. The third-order valence-corrected chi connectivity index (χ3v) is 21.4. The van der Waals surface area contributed by atoms with E-state index in [1.165, 1.54) is 52.3 Å². The minimum Gasteiger partial charge on any atom is -0.460 e. The number of hydrogen-bond donors (Lipinski definition) is 4. The van der Waals surface area contributed by atoms with Crippen LogP contribution in [0.15, 0.2) is 71.9 Å². The Morgan fingerprint density at radius 3 is 2.03 bits per heavy atom. The summed E-state index contributed by atoms with van der Waals surface area (Å²) in [6.07, 6.45) is 9.29. The number of Topliss-reactive ketones (excluding diaryl/α,β-unsaturated/α-hetero) is 3. The number of rotatable bonds is 12. The summed E-state index contributed by atoms with van der Waals surface area (Å²) in [5.74, 6) is -11.0. The molecule has 3 aliphatic heterocycles. The fraction of sp³-hybridized carbons (Fsp3) is 0.580. The highest BCUT2D eigenvalue weighted by Crippen LogP contribution is 2.41. The third kappa shape index (κ3) is 20.1. The van der Waals surface area contributed by atoms with Crippen molar-refractivity contribution in [1.82, 2.24) is 4.90 Å². The summed E-state index contributed by atoms with van der Waals surface area (Å²) < 4.78 is 43.2. The molecule has 1 aliphatic carbocycles. The average molecular weight is 1630 g/mol. The van der Waals surface area contributed by atoms with Gasteiger partial charge >= 0.3 is 17.9 Å². The highest BCUT2D eigenvalue weighted by atomic mass is 127. The minimum atomic E-state index is -2.50. The van der Waals surface area contributed by atoms with Gasteiger partial charge in [-0.3, -0.25) is 28.8 Å². The van der Waals surface area contributed by atoms with Gasteiger partial charge in [0.25, 0.3) is 11.7 Å². The summed E-state index contributed by atoms with van der Waals surface area (Å²) in [6.45, 7) is 15.1. The van der Waals surface area contributed by atoms with Crippen LogP contribution >= 0.6 is 67.8 Å². The van der Waals surface area contributed by atoms with Crippen molar-refractivity contribution in [2.45, 2.75) is 194 Å². The molecule has 2 aromatic rings. The SMILES string of the molecule is CO[C@H]1C[C@@H]2CC[C@@H](C)[C@@](O)(O2)C(=O)C(=O)N2CCCC[C@H]2C(=O)O[C@H]([C@H](C)C[C@@H]2CC[C@@H](OC(=O)c3ccc(OC(=O)c4c(I)c(NC(C)=O)c(I)c(NC(C)=O)c4I)cc3)[C@H](OC)C2)CC(=O)[C@H](C)/C=C(\C)[C@@H](O)[C@@H](OC)C(=O)[C@H](C)C[C@H](C)/C=C/C=CC=C1C. The Bertz CT molecular complexity index is 3160. The van der Waals surface area contributed by atoms with Crippen molar-refractivity contribution in [2.75, 3.05) is 38.5 Å². The lowest BCUT2D eigenvalue weighted by molar-refractivity contribution is -0.265. The van der Waals surface area contributed by atoms with E-state index < -0.39 is 108 Å². The number of ether oxygens (including phenoxy) is 7. The summed E-state index contributed by atoms with van der Waals surface area (Å²) in [6, 6.07) is 4.58. The highest BCUT2D eigenvalue weighted by molar-refractivity contribution is 14.1. The van der Waals surface area contributed by atoms with E-state index in [9.17, 15) is 53.4 Å². The maximum atomic E-state index is 14.8. The summed E-state index contributed by atoms with van der Waals surface area (Å²) in [4.78, 5) is 125. The number of halogens is 3. The van der Waals surface area contributed by atoms with E-state index in [0.717, 1.165) is 10.5 Å². The van der Waals surface area contributed by atoms with Crippen LogP contribution in [0.5, 0.6) is 5.75 Å². The van der Waals surface area contributed by atoms with Gasteiger partial charge in [-0.2, -0.15) is 0 Å². The molecule has 93 heavy (non-hydrogen) atoms. The van der Waals surface area contributed by atoms with E-state index >= 15 is 0 Å². The number of nitrogens with zero attached hydrogens (tertiary/aromatic N) is 1. The number of allylic oxidation sites excluding steroid dienone is 6. The average Bonchev–Trinajstić information content (AvgIpc) is 0.799. The van der Waals surface area contributed by atoms with Gasteiger partial charge in [-0.1, -0.05) is 71.1 Å². The molecule has 2 saturated heterocycles. The molecule has 510 valence electrons. The first-order valence-electron chi connectivity index (χ1n) is 31.7. The number of anilines is 2. The van der Waals surface area contributed by atoms with Crippen molar-refractivity contribution in [3.63, 3.8) is 0 Å². The van der Waals surface area contributed by atoms with Crippen LogP contribution in [0.3, 0.4) is 0 Å². The Balaban J connectivity index is 1.22. The molecule has 21 nitrogen and oxygen atoms in total. The van der Waals surface area contributed by atoms with E-state index in [1.807, 2.05) is 119 Å². The maximum Gasteiger partial charge on any atom is 0.345 e. The number of carbonyl (C=O) groups excluding carboxylic acids is 9. The molecule has 3 heterocycles. The van der Waals surface area contributed by atoms with Crippen molar-refractivity contribution in [2.24, 2.45) is 35.5 Å². The highest BCUT2D eigenvalue weighted by Gasteiger charge is 2.53. The first kappa shape index (κ1) is 77.2. The minimum absolute atomic E-state index is 0.0234. The number of aliphatic hydroxyl groups is 2. The van der Waals surface area contributed by atoms with Crippen LogP contribution in [0.1, 0.15) is 160 Å². The molecule has 4 aliphatic rings. The van der Waals surface area contributed by atoms with Gasteiger partial charge in [0.1, 0.15) is 42.0 Å². The topological polar surface area (TPSA) is 286 Å². The van der Waals surface area contributed by atoms with Gasteiger partial charge in [-0.05, 0) is 199 Å². The van der Waals surface area contributed by atoms with E-state index in [4.69, 9.17) is 33.2 Å². The van der Waals surface area contributed by atoms with Gasteiger partial charge in [-0.15, -0.1) is 0 Å². The third-order valence-electron chi connectivity index (χ3n) is 18.1. The molecule has 0 spiro atoms. The second kappa shape index (κ2) is 35.4. The van der Waals surface area contributed by atoms with E-state index in [0.29, 0.717) is 85.4 Å². The molecule has 15 atom stereocenters. The Kier molecular flexibility index (Phi) is 29.4. The summed E-state index contributed by atoms with van der Waals surface area (Å²) in [5.41, 5.74) is 2.13. The molecule has 4 N–H and O–H groups in total. The quantitative estimate of drug-likeness (QED) is 0.0505. The van der Waals surface area contributed by atoms with Crippen LogP contribution in [-0.4, -0.2) is 151 Å². The molecule has 1 saturated carbocycles. The van der Waals surface area contributed by atoms with Gasteiger partial charge in [0.2, 0.25) is 17.6 Å². The number of hydrogen-bond acceptors (Lipinski definition) is 18. The maximum absolute atomic E-state index is 14.8. The Hall–Kier alpha value is -4.82. The predicted molar refractivity (Wildman–Crippen MR) is 373 cm³/mol. The van der Waals surface area contributed by atoms with E-state index in [-0.39, 0.29) is 77.9 Å². The zero-order valence-electron chi connectivity index (χ0n) is 55.1. The number of amides is 3. The number of ketones is 3. The fourth-order valence-corrected chi connectivity index (χ4v) is 16.8. The first-order chi connectivity index (χ1) is 43.9. The lowest BCUT2D eigenvalue weighted by atomic mass is 9.78. The normalized spacial score (nSPS) is 30.6. The molecule has 2 aromatic carbocycles. The molecular formula is C69H90I3N3O18. The lowest BCUT2D eigenvalue weighted by Crippen LogP contribution is -2.61. The van der Waals surface area contributed by atoms with Crippen LogP contribution < -0.4 is 15.4 Å². The molecule has 0 radical (unpaired) electrons. The largest absolute Gasteiger partial charge is 0.460 e. The Morgan fingerprint density at radius 2 is 1.42 bits per heavy atom. The van der Waals surface area contributed by atoms with Gasteiger partial charge in [0.05, 0.1) is 51.5 Å². The van der Waals surface area contributed by atoms with Crippen molar-refractivity contribution in [3.8, 4) is 5.75 Å². The first-order valence-corrected chi connectivity index (χ1v) is 35.0. The molecule has 6 rings (SSSR count). The molecule has 3 fully saturated rings. The number of benzene rings is 2. The van der Waals surface area contributed by atoms with Gasteiger partial charge in [0.15, 0.2) is 5.78 Å². The smallest absolute Gasteiger partial charge is 0.345 e. The number of aliphatic hydroxyl groups excluding tert-OH is 1. The van der Waals surface area contributed by atoms with Gasteiger partial charge in [-0.25, -0.2) is 14.4 Å². The van der Waals surface area contributed by atoms with Gasteiger partial charge < -0.3 is 58.9 Å². The van der Waals surface area contributed by atoms with Crippen LogP contribution in [-0.2, 0) is 62.0 Å². The number of fused-ring (bicyclic) bond motifs is 3. The molecule has 2 bridgehead atoms. The van der Waals surface area contributed by atoms with Gasteiger partial charge in [0, 0.05) is 72.3 Å². The molecule has 0 aromatic heterocycles. The number of carbonyl (C=O) groups is 9. The number of esters is 3. The second-order valence-corrected chi connectivity index (χ2v) is 28.5. The van der Waals surface area contributed by atoms with Crippen molar-refractivity contribution in [1.29, 1.82) is 0 Å². The molecule has 3 amide bonds. The zero-order valence-corrected chi connectivity index (χ0v) is 61.5. The standard InChI is InChI=1S/C69H90I3N3O18/c1-36-18-14-13-15-19-37(2)52(87-10)34-48-25-21-42(7)69(86,93-48)64(81)65(82)75-29-17-16-20-49(75)67(84)92-53(35-50(78)38(3)31-41(6)62(80)63(89-12)61(79)40(5)30-36)39(4)32-45-22-28-51(54(33-45)88-11)91-66(83)46-23-26-47(27-24-46)90-68(85)55-56(70)59(73-43(8)76)58(72)60(57(55)71)74-44(9)77/h13-15,18-19,23-24,26-27,31,36,38-40,42,45,48-49,51-54,62-63,80,86H,16-17,20-22,25,28-30,32-35H2,1-12H3,(H,73,76)(H,74,77)/b15-13?,18-14+,37-19?,41-31+/t36-,38-,39-,40-,42-,45+,48+,49+,51-,52+,53+,54-,62-,63+,69-/m1/s1. The van der Waals surface area contributed by atoms with Crippen LogP contribution in [0, 0.1) is 46.2 Å². The van der Waals surface area contributed by atoms with Crippen molar-refractivity contribution >= 4 is 132 Å². The Morgan fingerprint density at radius 1 is 0.763 bits per heavy atom. The number of methoxy groups -OCH3 is 3. The monoisotopic (exact) mass is 1630 g/mol. The van der Waals surface area contributed by atoms with Crippen LogP contribution in [0.25, 0.3) is 0 Å². The zero-order chi connectivity index (χ0) is 68.8. The lowest BCUT2D eigenvalue weighted by Gasteiger charge is -2.42. The predicted octanol–water partition coefficient (Wildman–Crippen LogP) is 11.0. The van der Waals surface area contributed by atoms with Crippen LogP contribution in [0.4, 0.5) is 11.4 Å². The number of piperidine rings is 1. The van der Waals surface area contributed by atoms with Crippen LogP contribution in [0.2, 0.25) is 0 Å². The Labute approximate surface area is 586 Å². The van der Waals surface area contributed by atoms with E-state index in [2.05, 4.69) is 10.6 Å². The molecular weight excluding hydrogens is 1540 g/mol. The summed E-state index contributed by atoms with van der Waals surface area (Å²) >= 11 is 5.87. The molecule has 24 heteroatoms. The summed E-state index contributed by atoms with van der Waals surface area (Å²) in [7, 11) is 4.43.